The van der Waals surface area contributed by atoms with Crippen LogP contribution in [0.25, 0.3) is 22.6 Å². The van der Waals surface area contributed by atoms with Crippen LogP contribution in [0.3, 0.4) is 0 Å². The number of carbonyl (C=O) groups is 1. The number of para-hydroxylation sites is 1. The highest BCUT2D eigenvalue weighted by atomic mass is 79.9. The van der Waals surface area contributed by atoms with Crippen LogP contribution < -0.4 is 5.32 Å². The molecule has 0 aliphatic carbocycles. The van der Waals surface area contributed by atoms with Gasteiger partial charge in [0.05, 0.1) is 5.75 Å². The molecule has 0 saturated carbocycles. The Morgan fingerprint density at radius 1 is 1.27 bits per heavy atom. The van der Waals surface area contributed by atoms with Crippen molar-refractivity contribution in [2.45, 2.75) is 18.6 Å². The number of allylic oxidation sites excluding steroid dienone is 1. The molecule has 0 spiro atoms. The number of aromatic nitrogens is 3. The largest absolute Gasteiger partial charge is 0.453 e. The summed E-state index contributed by atoms with van der Waals surface area (Å²) in [5, 5.41) is 13.1. The van der Waals surface area contributed by atoms with E-state index in [9.17, 15) is 4.79 Å². The van der Waals surface area contributed by atoms with Crippen LogP contribution in [-0.4, -0.2) is 26.4 Å². The fourth-order valence-electron chi connectivity index (χ4n) is 3.01. The third kappa shape index (κ3) is 4.34. The quantitative estimate of drug-likeness (QED) is 0.271. The Balaban J connectivity index is 1.50. The van der Waals surface area contributed by atoms with Crippen LogP contribution in [0.4, 0.5) is 5.69 Å². The molecule has 152 valence electrons. The molecule has 0 bridgehead atoms. The van der Waals surface area contributed by atoms with Gasteiger partial charge in [-0.2, -0.15) is 0 Å². The van der Waals surface area contributed by atoms with Gasteiger partial charge in [-0.3, -0.25) is 9.36 Å². The van der Waals surface area contributed by atoms with Crippen LogP contribution in [0.1, 0.15) is 5.56 Å². The summed E-state index contributed by atoms with van der Waals surface area (Å²) in [5.41, 5.74) is 2.61. The summed E-state index contributed by atoms with van der Waals surface area (Å²) in [6.07, 6.45) is 1.77. The molecular formula is C22H19BrN4O2S. The minimum atomic E-state index is -0.111. The van der Waals surface area contributed by atoms with E-state index in [1.165, 1.54) is 11.8 Å². The Bertz CT molecular complexity index is 1200. The highest BCUT2D eigenvalue weighted by Gasteiger charge is 2.18. The van der Waals surface area contributed by atoms with Crippen molar-refractivity contribution in [3.8, 4) is 11.6 Å². The molecule has 0 aliphatic heterocycles. The van der Waals surface area contributed by atoms with E-state index in [2.05, 4.69) is 38.0 Å². The zero-order valence-electron chi connectivity index (χ0n) is 16.3. The number of rotatable bonds is 7. The third-order valence-corrected chi connectivity index (χ3v) is 6.30. The van der Waals surface area contributed by atoms with Crippen LogP contribution >= 0.6 is 27.7 Å². The molecule has 30 heavy (non-hydrogen) atoms. The summed E-state index contributed by atoms with van der Waals surface area (Å²) < 4.78 is 8.83. The molecule has 0 atom stereocenters. The number of furan rings is 1. The second-order valence-electron chi connectivity index (χ2n) is 6.65. The molecular weight excluding hydrogens is 464 g/mol. The van der Waals surface area contributed by atoms with Crippen LogP contribution in [0, 0.1) is 6.92 Å². The van der Waals surface area contributed by atoms with Crippen LogP contribution in [0.2, 0.25) is 0 Å². The van der Waals surface area contributed by atoms with Crippen molar-refractivity contribution >= 4 is 50.3 Å². The molecule has 1 amide bonds. The van der Waals surface area contributed by atoms with Crippen LogP contribution in [0.5, 0.6) is 0 Å². The number of hydrogen-bond acceptors (Lipinski definition) is 5. The zero-order chi connectivity index (χ0) is 21.1. The molecule has 0 fully saturated rings. The second-order valence-corrected chi connectivity index (χ2v) is 8.45. The zero-order valence-corrected chi connectivity index (χ0v) is 18.7. The summed E-state index contributed by atoms with van der Waals surface area (Å²) in [6.45, 7) is 6.31. The van der Waals surface area contributed by atoms with Crippen molar-refractivity contribution in [3.63, 3.8) is 0 Å². The SMILES string of the molecule is C=CCn1c(SCC(=O)Nc2ccc(Br)c(C)c2)nnc1-c1cc2ccccc2o1. The van der Waals surface area contributed by atoms with Crippen molar-refractivity contribution in [2.24, 2.45) is 0 Å². The molecule has 4 rings (SSSR count). The van der Waals surface area contributed by atoms with Gasteiger partial charge in [-0.05, 0) is 42.8 Å². The number of fused-ring (bicyclic) bond motifs is 1. The average Bonchev–Trinajstić information content (AvgIpc) is 3.33. The molecule has 4 aromatic rings. The molecule has 0 radical (unpaired) electrons. The molecule has 8 heteroatoms. The minimum absolute atomic E-state index is 0.111. The Hall–Kier alpha value is -2.84. The fraction of sp³-hybridized carbons (Fsp3) is 0.136. The lowest BCUT2D eigenvalue weighted by Gasteiger charge is -2.08. The molecule has 2 aromatic carbocycles. The van der Waals surface area contributed by atoms with E-state index >= 15 is 0 Å². The van der Waals surface area contributed by atoms with E-state index in [4.69, 9.17) is 4.42 Å². The highest BCUT2D eigenvalue weighted by Crippen LogP contribution is 2.29. The number of thioether (sulfide) groups is 1. The van der Waals surface area contributed by atoms with Gasteiger partial charge in [0.2, 0.25) is 11.7 Å². The Morgan fingerprint density at radius 2 is 2.10 bits per heavy atom. The molecule has 0 aliphatic rings. The van der Waals surface area contributed by atoms with E-state index < -0.39 is 0 Å². The van der Waals surface area contributed by atoms with E-state index in [-0.39, 0.29) is 11.7 Å². The first-order valence-corrected chi connectivity index (χ1v) is 11.0. The molecule has 2 aromatic heterocycles. The maximum Gasteiger partial charge on any atom is 0.234 e. The second kappa shape index (κ2) is 8.89. The lowest BCUT2D eigenvalue weighted by molar-refractivity contribution is -0.113. The number of nitrogens with zero attached hydrogens (tertiary/aromatic N) is 3. The average molecular weight is 483 g/mol. The van der Waals surface area contributed by atoms with Crippen molar-refractivity contribution in [2.75, 3.05) is 11.1 Å². The summed E-state index contributed by atoms with van der Waals surface area (Å²) in [4.78, 5) is 12.4. The van der Waals surface area contributed by atoms with Gasteiger partial charge in [-0.15, -0.1) is 16.8 Å². The van der Waals surface area contributed by atoms with Crippen molar-refractivity contribution < 1.29 is 9.21 Å². The number of carbonyl (C=O) groups excluding carboxylic acids is 1. The van der Waals surface area contributed by atoms with Gasteiger partial charge >= 0.3 is 0 Å². The summed E-state index contributed by atoms with van der Waals surface area (Å²) in [5.74, 6) is 1.34. The lowest BCUT2D eigenvalue weighted by Crippen LogP contribution is -2.14. The number of nitrogens with one attached hydrogen (secondary N) is 1. The number of benzene rings is 2. The van der Waals surface area contributed by atoms with Gasteiger partial charge in [0.15, 0.2) is 10.9 Å². The predicted molar refractivity (Wildman–Crippen MR) is 124 cm³/mol. The van der Waals surface area contributed by atoms with Crippen molar-refractivity contribution in [1.82, 2.24) is 14.8 Å². The molecule has 0 unspecified atom stereocenters. The normalized spacial score (nSPS) is 11.0. The van der Waals surface area contributed by atoms with Gasteiger partial charge < -0.3 is 9.73 Å². The summed E-state index contributed by atoms with van der Waals surface area (Å²) in [7, 11) is 0. The molecule has 1 N–H and O–H groups in total. The van der Waals surface area contributed by atoms with Gasteiger partial charge in [0.1, 0.15) is 5.58 Å². The topological polar surface area (TPSA) is 73.0 Å². The van der Waals surface area contributed by atoms with E-state index in [0.717, 1.165) is 26.7 Å². The number of aryl methyl sites for hydroxylation is 1. The third-order valence-electron chi connectivity index (χ3n) is 4.45. The molecule has 6 nitrogen and oxygen atoms in total. The summed E-state index contributed by atoms with van der Waals surface area (Å²) in [6, 6.07) is 15.4. The lowest BCUT2D eigenvalue weighted by atomic mass is 10.2. The molecule has 0 saturated heterocycles. The van der Waals surface area contributed by atoms with Gasteiger partial charge in [-0.1, -0.05) is 52.0 Å². The number of amides is 1. The number of anilines is 1. The van der Waals surface area contributed by atoms with Crippen LogP contribution in [-0.2, 0) is 11.3 Å². The Kier molecular flexibility index (Phi) is 6.06. The van der Waals surface area contributed by atoms with Crippen molar-refractivity contribution in [3.05, 3.63) is 71.2 Å². The molecule has 2 heterocycles. The first-order chi connectivity index (χ1) is 14.5. The Labute approximate surface area is 186 Å². The van der Waals surface area contributed by atoms with Crippen molar-refractivity contribution in [1.29, 1.82) is 0 Å². The standard InChI is InChI=1S/C22H19BrN4O2S/c1-3-10-27-21(19-12-15-6-4-5-7-18(15)29-19)25-26-22(27)30-13-20(28)24-16-8-9-17(23)14(2)11-16/h3-9,11-12H,1,10,13H2,2H3,(H,24,28). The minimum Gasteiger partial charge on any atom is -0.453 e. The fourth-order valence-corrected chi connectivity index (χ4v) is 4.01. The summed E-state index contributed by atoms with van der Waals surface area (Å²) >= 11 is 4.78. The first kappa shape index (κ1) is 20.4. The van der Waals surface area contributed by atoms with E-state index in [1.54, 1.807) is 6.08 Å². The maximum absolute atomic E-state index is 12.4. The smallest absolute Gasteiger partial charge is 0.234 e. The van der Waals surface area contributed by atoms with Gasteiger partial charge in [0, 0.05) is 22.1 Å². The first-order valence-electron chi connectivity index (χ1n) is 9.27. The predicted octanol–water partition coefficient (Wildman–Crippen LogP) is 5.68. The Morgan fingerprint density at radius 3 is 2.87 bits per heavy atom. The number of hydrogen-bond donors (Lipinski definition) is 1. The van der Waals surface area contributed by atoms with E-state index in [0.29, 0.717) is 23.3 Å². The van der Waals surface area contributed by atoms with Gasteiger partial charge in [-0.25, -0.2) is 0 Å². The number of halogens is 1. The monoisotopic (exact) mass is 482 g/mol. The van der Waals surface area contributed by atoms with E-state index in [1.807, 2.05) is 60.0 Å². The highest BCUT2D eigenvalue weighted by molar-refractivity contribution is 9.10. The van der Waals surface area contributed by atoms with Gasteiger partial charge in [0.25, 0.3) is 0 Å². The maximum atomic E-state index is 12.4. The van der Waals surface area contributed by atoms with Crippen LogP contribution in [0.15, 0.2) is 75.2 Å².